The van der Waals surface area contributed by atoms with Gasteiger partial charge in [0, 0.05) is 11.7 Å². The van der Waals surface area contributed by atoms with Gasteiger partial charge in [0.15, 0.2) is 0 Å². The fraction of sp³-hybridized carbons (Fsp3) is 0.962. The highest BCUT2D eigenvalue weighted by molar-refractivity contribution is 7.98. The van der Waals surface area contributed by atoms with Gasteiger partial charge < -0.3 is 0 Å². The molecule has 30 heavy (non-hydrogen) atoms. The molecule has 8 atom stereocenters. The number of carbonyl (C=O) groups is 1. The maximum atomic E-state index is 14.8. The van der Waals surface area contributed by atoms with E-state index in [1.54, 1.807) is 11.9 Å². The van der Waals surface area contributed by atoms with Crippen molar-refractivity contribution in [1.82, 2.24) is 4.72 Å². The molecule has 4 heteroatoms. The van der Waals surface area contributed by atoms with E-state index in [4.69, 9.17) is 0 Å². The number of carbonyl (C=O) groups excluding carboxylic acids is 1. The Labute approximate surface area is 187 Å². The fourth-order valence-electron chi connectivity index (χ4n) is 8.81. The zero-order chi connectivity index (χ0) is 20.9. The maximum Gasteiger partial charge on any atom is 0.229 e. The summed E-state index contributed by atoms with van der Waals surface area (Å²) in [4.78, 5) is 12.1. The van der Waals surface area contributed by atoms with Crippen LogP contribution < -0.4 is 4.72 Å². The SMILES string of the molecule is CC12CCC3C(CCC4C(F)CCCC43C)C1CCC2CCCC(=O)NSC1CC1. The van der Waals surface area contributed by atoms with E-state index in [0.717, 1.165) is 49.4 Å². The zero-order valence-electron chi connectivity index (χ0n) is 19.1. The number of halogens is 1. The third-order valence-corrected chi connectivity index (χ3v) is 11.7. The molecular formula is C26H42FNOS. The van der Waals surface area contributed by atoms with E-state index in [1.165, 1.54) is 57.8 Å². The van der Waals surface area contributed by atoms with Gasteiger partial charge in [0.05, 0.1) is 0 Å². The van der Waals surface area contributed by atoms with E-state index in [0.29, 0.717) is 23.0 Å². The van der Waals surface area contributed by atoms with E-state index in [9.17, 15) is 9.18 Å². The van der Waals surface area contributed by atoms with E-state index in [-0.39, 0.29) is 11.3 Å². The second kappa shape index (κ2) is 8.27. The van der Waals surface area contributed by atoms with E-state index in [2.05, 4.69) is 18.6 Å². The quantitative estimate of drug-likeness (QED) is 0.452. The summed E-state index contributed by atoms with van der Waals surface area (Å²) in [7, 11) is 0. The molecule has 1 amide bonds. The van der Waals surface area contributed by atoms with Crippen LogP contribution in [-0.2, 0) is 4.79 Å². The number of hydrogen-bond acceptors (Lipinski definition) is 2. The Bertz CT molecular complexity index is 653. The molecule has 5 fully saturated rings. The number of fused-ring (bicyclic) bond motifs is 5. The van der Waals surface area contributed by atoms with Crippen LogP contribution in [0.3, 0.4) is 0 Å². The van der Waals surface area contributed by atoms with Crippen molar-refractivity contribution in [2.75, 3.05) is 0 Å². The summed E-state index contributed by atoms with van der Waals surface area (Å²) in [6.07, 6.45) is 15.9. The molecule has 5 rings (SSSR count). The van der Waals surface area contributed by atoms with Crippen LogP contribution in [0.4, 0.5) is 4.39 Å². The minimum atomic E-state index is -0.543. The third kappa shape index (κ3) is 3.75. The molecule has 170 valence electrons. The summed E-state index contributed by atoms with van der Waals surface area (Å²) >= 11 is 1.65. The van der Waals surface area contributed by atoms with Crippen molar-refractivity contribution in [1.29, 1.82) is 0 Å². The molecule has 0 heterocycles. The molecular weight excluding hydrogens is 393 g/mol. The first-order valence-electron chi connectivity index (χ1n) is 13.0. The number of hydrogen-bond donors (Lipinski definition) is 1. The first-order chi connectivity index (χ1) is 14.4. The Balaban J connectivity index is 1.19. The summed E-state index contributed by atoms with van der Waals surface area (Å²) in [5.74, 6) is 3.80. The Morgan fingerprint density at radius 1 is 0.933 bits per heavy atom. The Hall–Kier alpha value is -0.250. The second-order valence-electron chi connectivity index (χ2n) is 12.0. The number of rotatable bonds is 6. The van der Waals surface area contributed by atoms with Crippen LogP contribution in [0, 0.1) is 40.4 Å². The van der Waals surface area contributed by atoms with Gasteiger partial charge in [-0.3, -0.25) is 9.52 Å². The van der Waals surface area contributed by atoms with Crippen molar-refractivity contribution in [2.24, 2.45) is 40.4 Å². The summed E-state index contributed by atoms with van der Waals surface area (Å²) < 4.78 is 17.9. The maximum absolute atomic E-state index is 14.8. The third-order valence-electron chi connectivity index (χ3n) is 10.6. The second-order valence-corrected chi connectivity index (χ2v) is 13.1. The van der Waals surface area contributed by atoms with Crippen molar-refractivity contribution < 1.29 is 9.18 Å². The van der Waals surface area contributed by atoms with Crippen LogP contribution in [0.2, 0.25) is 0 Å². The van der Waals surface area contributed by atoms with Gasteiger partial charge in [0.2, 0.25) is 5.91 Å². The fourth-order valence-corrected chi connectivity index (χ4v) is 9.58. The predicted molar refractivity (Wildman–Crippen MR) is 123 cm³/mol. The van der Waals surface area contributed by atoms with Crippen LogP contribution in [0.25, 0.3) is 0 Å². The highest BCUT2D eigenvalue weighted by atomic mass is 32.2. The van der Waals surface area contributed by atoms with Crippen LogP contribution >= 0.6 is 11.9 Å². The average Bonchev–Trinajstić information content (AvgIpc) is 3.48. The standard InChI is InChI=1S/C26H42FNOS/c1-25-16-14-21-19(11-13-22-23(27)6-4-15-26(21,22)2)20(25)12-8-17(25)5-3-7-24(29)28-30-18-9-10-18/h17-23H,3-16H2,1-2H3,(H,28,29). The van der Waals surface area contributed by atoms with Gasteiger partial charge in [-0.15, -0.1) is 0 Å². The molecule has 5 aliphatic rings. The summed E-state index contributed by atoms with van der Waals surface area (Å²) in [6, 6.07) is 0. The summed E-state index contributed by atoms with van der Waals surface area (Å²) in [5.41, 5.74) is 0.727. The van der Waals surface area contributed by atoms with Crippen molar-refractivity contribution >= 4 is 17.9 Å². The molecule has 5 saturated carbocycles. The first-order valence-corrected chi connectivity index (χ1v) is 13.9. The Morgan fingerprint density at radius 3 is 2.50 bits per heavy atom. The predicted octanol–water partition coefficient (Wildman–Crippen LogP) is 7.08. The van der Waals surface area contributed by atoms with Crippen molar-refractivity contribution in [2.45, 2.75) is 115 Å². The van der Waals surface area contributed by atoms with Gasteiger partial charge in [0.1, 0.15) is 6.17 Å². The largest absolute Gasteiger partial charge is 0.300 e. The van der Waals surface area contributed by atoms with Crippen LogP contribution in [0.15, 0.2) is 0 Å². The Kier molecular flexibility index (Phi) is 5.95. The van der Waals surface area contributed by atoms with Gasteiger partial charge in [-0.1, -0.05) is 13.8 Å². The van der Waals surface area contributed by atoms with Gasteiger partial charge in [-0.05, 0) is 136 Å². The molecule has 5 aliphatic carbocycles. The van der Waals surface area contributed by atoms with E-state index in [1.807, 2.05) is 0 Å². The first kappa shape index (κ1) is 21.6. The lowest BCUT2D eigenvalue weighted by molar-refractivity contribution is -0.130. The number of alkyl halides is 1. The zero-order valence-corrected chi connectivity index (χ0v) is 20.0. The number of nitrogens with one attached hydrogen (secondary N) is 1. The normalized spacial score (nSPS) is 47.8. The molecule has 0 saturated heterocycles. The van der Waals surface area contributed by atoms with E-state index < -0.39 is 6.17 Å². The highest BCUT2D eigenvalue weighted by Crippen LogP contribution is 2.68. The lowest BCUT2D eigenvalue weighted by Crippen LogP contribution is -2.54. The molecule has 0 aromatic heterocycles. The minimum Gasteiger partial charge on any atom is -0.300 e. The van der Waals surface area contributed by atoms with Crippen LogP contribution in [0.1, 0.15) is 104 Å². The van der Waals surface area contributed by atoms with Crippen molar-refractivity contribution in [3.8, 4) is 0 Å². The van der Waals surface area contributed by atoms with Gasteiger partial charge >= 0.3 is 0 Å². The number of amides is 1. The monoisotopic (exact) mass is 435 g/mol. The molecule has 0 aromatic carbocycles. The highest BCUT2D eigenvalue weighted by Gasteiger charge is 2.60. The van der Waals surface area contributed by atoms with Gasteiger partial charge in [0.25, 0.3) is 0 Å². The van der Waals surface area contributed by atoms with Gasteiger partial charge in [-0.2, -0.15) is 0 Å². The van der Waals surface area contributed by atoms with Gasteiger partial charge in [-0.25, -0.2) is 4.39 Å². The summed E-state index contributed by atoms with van der Waals surface area (Å²) in [5, 5.41) is 0.687. The molecule has 8 unspecified atom stereocenters. The smallest absolute Gasteiger partial charge is 0.229 e. The Morgan fingerprint density at radius 2 is 1.70 bits per heavy atom. The molecule has 1 N–H and O–H groups in total. The molecule has 0 radical (unpaired) electrons. The van der Waals surface area contributed by atoms with Crippen LogP contribution in [-0.4, -0.2) is 17.3 Å². The summed E-state index contributed by atoms with van der Waals surface area (Å²) in [6.45, 7) is 5.05. The molecule has 0 spiro atoms. The molecule has 0 aliphatic heterocycles. The molecule has 0 bridgehead atoms. The van der Waals surface area contributed by atoms with Crippen molar-refractivity contribution in [3.63, 3.8) is 0 Å². The molecule has 2 nitrogen and oxygen atoms in total. The van der Waals surface area contributed by atoms with Crippen LogP contribution in [0.5, 0.6) is 0 Å². The minimum absolute atomic E-state index is 0.236. The lowest BCUT2D eigenvalue weighted by Gasteiger charge is -2.61. The van der Waals surface area contributed by atoms with Crippen molar-refractivity contribution in [3.05, 3.63) is 0 Å². The van der Waals surface area contributed by atoms with E-state index >= 15 is 0 Å². The average molecular weight is 436 g/mol. The topological polar surface area (TPSA) is 29.1 Å². The molecule has 0 aromatic rings. The lowest BCUT2D eigenvalue weighted by atomic mass is 9.44.